The number of anilines is 2. The summed E-state index contributed by atoms with van der Waals surface area (Å²) in [4.78, 5) is 28.7. The van der Waals surface area contributed by atoms with Crippen molar-refractivity contribution in [2.24, 2.45) is 0 Å². The Hall–Kier alpha value is -3.74. The monoisotopic (exact) mass is 574 g/mol. The minimum atomic E-state index is -3.70. The lowest BCUT2D eigenvalue weighted by Crippen LogP contribution is -2.37. The number of rotatable bonds is 5. The van der Waals surface area contributed by atoms with Gasteiger partial charge in [0.05, 0.1) is 16.9 Å². The van der Waals surface area contributed by atoms with E-state index in [2.05, 4.69) is 4.74 Å². The predicted molar refractivity (Wildman–Crippen MR) is 141 cm³/mol. The van der Waals surface area contributed by atoms with Crippen LogP contribution in [0.5, 0.6) is 0 Å². The number of fused-ring (bicyclic) bond motifs is 2. The van der Waals surface area contributed by atoms with Crippen LogP contribution in [0.1, 0.15) is 56.2 Å². The molecule has 0 spiro atoms. The lowest BCUT2D eigenvalue weighted by Gasteiger charge is -2.45. The summed E-state index contributed by atoms with van der Waals surface area (Å²) in [5.41, 5.74) is -1.88. The highest BCUT2D eigenvalue weighted by Crippen LogP contribution is 2.66. The molecule has 12 heteroatoms. The Kier molecular flexibility index (Phi) is 6.24. The second-order valence-electron chi connectivity index (χ2n) is 10.0. The number of carboxylic acid groups (broad SMARTS) is 1. The molecule has 3 aliphatic heterocycles. The molecule has 3 heterocycles. The van der Waals surface area contributed by atoms with Gasteiger partial charge in [-0.2, -0.15) is 0 Å². The van der Waals surface area contributed by atoms with Crippen LogP contribution in [0.3, 0.4) is 0 Å². The number of benzene rings is 3. The zero-order valence-corrected chi connectivity index (χ0v) is 22.1. The SMILES string of the molecule is COC(=O)c1c(F)c(F)c(C(=O)O)c(C2c3ccc(N4CCC4)cc3S(O)(O)c3cc(N4CCC4)ccc32)c1F. The van der Waals surface area contributed by atoms with Gasteiger partial charge in [0.1, 0.15) is 16.9 Å². The first kappa shape index (κ1) is 26.5. The molecule has 0 radical (unpaired) electrons. The number of nitrogens with zero attached hydrogens (tertiary/aromatic N) is 2. The number of carbonyl (C=O) groups is 2. The van der Waals surface area contributed by atoms with Crippen molar-refractivity contribution >= 4 is 33.9 Å². The van der Waals surface area contributed by atoms with E-state index in [-0.39, 0.29) is 20.9 Å². The quantitative estimate of drug-likeness (QED) is 0.264. The first-order valence-corrected chi connectivity index (χ1v) is 14.2. The second-order valence-corrected chi connectivity index (χ2v) is 12.0. The van der Waals surface area contributed by atoms with Gasteiger partial charge in [-0.05, 0) is 48.2 Å². The lowest BCUT2D eigenvalue weighted by molar-refractivity contribution is 0.0583. The van der Waals surface area contributed by atoms with Crippen molar-refractivity contribution in [3.63, 3.8) is 0 Å². The van der Waals surface area contributed by atoms with Crippen LogP contribution < -0.4 is 9.80 Å². The molecule has 0 unspecified atom stereocenters. The van der Waals surface area contributed by atoms with Crippen molar-refractivity contribution in [2.45, 2.75) is 28.6 Å². The van der Waals surface area contributed by atoms with Crippen LogP contribution in [0.4, 0.5) is 24.5 Å². The Labute approximate surface area is 228 Å². The molecule has 3 aliphatic rings. The number of carboxylic acids is 1. The van der Waals surface area contributed by atoms with E-state index in [1.54, 1.807) is 24.3 Å². The summed E-state index contributed by atoms with van der Waals surface area (Å²) in [6.07, 6.45) is 1.91. The van der Waals surface area contributed by atoms with Crippen molar-refractivity contribution < 1.29 is 41.7 Å². The molecule has 0 amide bonds. The van der Waals surface area contributed by atoms with Gasteiger partial charge < -0.3 is 19.6 Å². The lowest BCUT2D eigenvalue weighted by atomic mass is 9.80. The average molecular weight is 575 g/mol. The van der Waals surface area contributed by atoms with Gasteiger partial charge in [0, 0.05) is 49.0 Å². The summed E-state index contributed by atoms with van der Waals surface area (Å²) in [5, 5.41) is 9.93. The fourth-order valence-electron chi connectivity index (χ4n) is 5.60. The van der Waals surface area contributed by atoms with Crippen molar-refractivity contribution in [1.82, 2.24) is 0 Å². The number of hydrogen-bond donors (Lipinski definition) is 3. The summed E-state index contributed by atoms with van der Waals surface area (Å²) in [5.74, 6) is -10.4. The van der Waals surface area contributed by atoms with E-state index in [0.717, 1.165) is 46.1 Å². The normalized spacial score (nSPS) is 18.2. The molecule has 8 nitrogen and oxygen atoms in total. The number of aromatic carboxylic acids is 1. The van der Waals surface area contributed by atoms with Crippen molar-refractivity contribution in [2.75, 3.05) is 43.1 Å². The molecule has 2 saturated heterocycles. The Morgan fingerprint density at radius 3 is 1.70 bits per heavy atom. The highest BCUT2D eigenvalue weighted by molar-refractivity contribution is 8.24. The minimum Gasteiger partial charge on any atom is -0.478 e. The van der Waals surface area contributed by atoms with E-state index >= 15 is 8.78 Å². The van der Waals surface area contributed by atoms with Crippen LogP contribution in [0, 0.1) is 17.5 Å². The summed E-state index contributed by atoms with van der Waals surface area (Å²) >= 11 is 0. The highest BCUT2D eigenvalue weighted by atomic mass is 32.3. The Balaban J connectivity index is 1.69. The van der Waals surface area contributed by atoms with E-state index in [9.17, 15) is 28.2 Å². The van der Waals surface area contributed by atoms with Gasteiger partial charge in [-0.1, -0.05) is 12.1 Å². The largest absolute Gasteiger partial charge is 0.478 e. The number of carbonyl (C=O) groups excluding carboxylic acids is 1. The standard InChI is InChI=1S/C28H25F3N2O6S/c1-39-28(36)23-24(29)21(22(27(34)35)25(30)26(23)31)20-16-6-4-14(32-8-2-9-32)12-18(16)40(37,38)19-13-15(5-7-17(19)20)33-10-3-11-33/h4-7,12-13,20,37-38H,2-3,8-11H2,1H3,(H,34,35). The molecular formula is C28H25F3N2O6S. The van der Waals surface area contributed by atoms with Crippen LogP contribution in [0.2, 0.25) is 0 Å². The van der Waals surface area contributed by atoms with Gasteiger partial charge in [-0.3, -0.25) is 9.11 Å². The molecule has 0 aliphatic carbocycles. The van der Waals surface area contributed by atoms with Crippen LogP contribution in [0.25, 0.3) is 0 Å². The number of methoxy groups -OCH3 is 1. The van der Waals surface area contributed by atoms with Gasteiger partial charge in [-0.25, -0.2) is 22.8 Å². The van der Waals surface area contributed by atoms with Crippen LogP contribution in [-0.4, -0.2) is 59.4 Å². The van der Waals surface area contributed by atoms with Gasteiger partial charge in [0.25, 0.3) is 0 Å². The number of ether oxygens (including phenoxy) is 1. The number of hydrogen-bond acceptors (Lipinski definition) is 7. The van der Waals surface area contributed by atoms with E-state index in [1.807, 2.05) is 9.80 Å². The number of esters is 1. The third kappa shape index (κ3) is 3.77. The smallest absolute Gasteiger partial charge is 0.343 e. The Morgan fingerprint density at radius 1 is 0.825 bits per heavy atom. The minimum absolute atomic E-state index is 0.0234. The summed E-state index contributed by atoms with van der Waals surface area (Å²) in [7, 11) is -2.84. The molecule has 6 rings (SSSR count). The van der Waals surface area contributed by atoms with Crippen molar-refractivity contribution in [3.05, 3.63) is 81.7 Å². The molecule has 0 atom stereocenters. The molecule has 210 valence electrons. The first-order chi connectivity index (χ1) is 19.1. The summed E-state index contributed by atoms with van der Waals surface area (Å²) in [6, 6.07) is 9.51. The van der Waals surface area contributed by atoms with Crippen LogP contribution in [0.15, 0.2) is 46.2 Å². The molecular weight excluding hydrogens is 549 g/mol. The fraction of sp³-hybridized carbons (Fsp3) is 0.286. The fourth-order valence-corrected chi connectivity index (χ4v) is 7.43. The van der Waals surface area contributed by atoms with Gasteiger partial charge in [0.2, 0.25) is 0 Å². The summed E-state index contributed by atoms with van der Waals surface area (Å²) < 4.78 is 74.1. The average Bonchev–Trinajstić information content (AvgIpc) is 2.85. The predicted octanol–water partition coefficient (Wildman–Crippen LogP) is 5.67. The molecule has 0 saturated carbocycles. The Bertz CT molecular complexity index is 1520. The van der Waals surface area contributed by atoms with Crippen molar-refractivity contribution in [1.29, 1.82) is 0 Å². The van der Waals surface area contributed by atoms with Crippen molar-refractivity contribution in [3.8, 4) is 0 Å². The van der Waals surface area contributed by atoms with Gasteiger partial charge in [0.15, 0.2) is 11.6 Å². The molecule has 3 aromatic carbocycles. The molecule has 3 aromatic rings. The maximum absolute atomic E-state index is 16.2. The second kappa shape index (κ2) is 9.43. The van der Waals surface area contributed by atoms with Crippen LogP contribution in [-0.2, 0) is 4.74 Å². The van der Waals surface area contributed by atoms with E-state index in [1.165, 1.54) is 12.1 Å². The van der Waals surface area contributed by atoms with Gasteiger partial charge >= 0.3 is 11.9 Å². The van der Waals surface area contributed by atoms with E-state index < -0.39 is 62.6 Å². The van der Waals surface area contributed by atoms with Gasteiger partial charge in [-0.15, -0.1) is 10.6 Å². The Morgan fingerprint density at radius 2 is 1.30 bits per heavy atom. The highest BCUT2D eigenvalue weighted by Gasteiger charge is 2.43. The summed E-state index contributed by atoms with van der Waals surface area (Å²) in [6.45, 7) is 3.00. The zero-order chi connectivity index (χ0) is 28.5. The number of halogens is 3. The maximum atomic E-state index is 16.2. The molecule has 40 heavy (non-hydrogen) atoms. The topological polar surface area (TPSA) is 111 Å². The third-order valence-electron chi connectivity index (χ3n) is 7.92. The molecule has 0 aromatic heterocycles. The maximum Gasteiger partial charge on any atom is 0.343 e. The molecule has 0 bridgehead atoms. The molecule has 2 fully saturated rings. The molecule has 3 N–H and O–H groups in total. The third-order valence-corrected chi connectivity index (χ3v) is 9.85. The van der Waals surface area contributed by atoms with Crippen LogP contribution >= 0.6 is 10.6 Å². The van der Waals surface area contributed by atoms with E-state index in [4.69, 9.17) is 0 Å². The van der Waals surface area contributed by atoms with E-state index in [0.29, 0.717) is 11.4 Å². The first-order valence-electron chi connectivity index (χ1n) is 12.6. The zero-order valence-electron chi connectivity index (χ0n) is 21.3.